The molecular formula is C16H15ClN2O. The van der Waals surface area contributed by atoms with E-state index in [-0.39, 0.29) is 5.91 Å². The molecule has 0 bridgehead atoms. The van der Waals surface area contributed by atoms with E-state index in [1.807, 2.05) is 36.4 Å². The van der Waals surface area contributed by atoms with Crippen molar-refractivity contribution in [2.75, 3.05) is 5.32 Å². The molecule has 3 N–H and O–H groups in total. The lowest BCUT2D eigenvalue weighted by atomic mass is 9.94. The molecule has 0 heterocycles. The molecule has 0 saturated carbocycles. The van der Waals surface area contributed by atoms with Crippen molar-refractivity contribution in [1.29, 1.82) is 0 Å². The third-order valence-corrected chi connectivity index (χ3v) is 4.02. The Labute approximate surface area is 122 Å². The van der Waals surface area contributed by atoms with Gasteiger partial charge < -0.3 is 11.1 Å². The van der Waals surface area contributed by atoms with Crippen molar-refractivity contribution in [3.05, 3.63) is 64.7 Å². The number of halogens is 1. The van der Waals surface area contributed by atoms with Crippen molar-refractivity contribution >= 4 is 23.2 Å². The molecule has 1 aliphatic carbocycles. The number of benzene rings is 2. The largest absolute Gasteiger partial charge is 0.371 e. The maximum Gasteiger partial charge on any atom is 0.243 e. The number of primary amides is 1. The van der Waals surface area contributed by atoms with Crippen molar-refractivity contribution in [2.45, 2.75) is 18.4 Å². The van der Waals surface area contributed by atoms with E-state index in [2.05, 4.69) is 5.32 Å². The van der Waals surface area contributed by atoms with Crippen molar-refractivity contribution < 1.29 is 4.79 Å². The second-order valence-corrected chi connectivity index (χ2v) is 5.64. The van der Waals surface area contributed by atoms with Gasteiger partial charge in [-0.25, -0.2) is 0 Å². The summed E-state index contributed by atoms with van der Waals surface area (Å²) in [5.74, 6) is -0.339. The van der Waals surface area contributed by atoms with Crippen molar-refractivity contribution in [3.8, 4) is 0 Å². The molecule has 0 unspecified atom stereocenters. The van der Waals surface area contributed by atoms with Crippen LogP contribution in [-0.2, 0) is 17.6 Å². The molecule has 3 rings (SSSR count). The van der Waals surface area contributed by atoms with Crippen LogP contribution in [0.3, 0.4) is 0 Å². The van der Waals surface area contributed by atoms with Crippen molar-refractivity contribution in [2.24, 2.45) is 5.73 Å². The van der Waals surface area contributed by atoms with Crippen LogP contribution in [0, 0.1) is 0 Å². The molecule has 0 atom stereocenters. The average molecular weight is 287 g/mol. The van der Waals surface area contributed by atoms with E-state index < -0.39 is 5.54 Å². The summed E-state index contributed by atoms with van der Waals surface area (Å²) in [5.41, 5.74) is 8.04. The van der Waals surface area contributed by atoms with Gasteiger partial charge in [0.25, 0.3) is 0 Å². The molecule has 0 fully saturated rings. The fourth-order valence-corrected chi connectivity index (χ4v) is 2.97. The summed E-state index contributed by atoms with van der Waals surface area (Å²) in [4.78, 5) is 12.0. The van der Waals surface area contributed by atoms with Gasteiger partial charge in [-0.2, -0.15) is 0 Å². The number of nitrogens with one attached hydrogen (secondary N) is 1. The predicted molar refractivity (Wildman–Crippen MR) is 80.9 cm³/mol. The van der Waals surface area contributed by atoms with Gasteiger partial charge in [0.1, 0.15) is 5.54 Å². The Morgan fingerprint density at radius 3 is 2.30 bits per heavy atom. The topological polar surface area (TPSA) is 55.1 Å². The second-order valence-electron chi connectivity index (χ2n) is 5.20. The molecule has 0 aliphatic heterocycles. The van der Waals surface area contributed by atoms with Crippen LogP contribution in [0.25, 0.3) is 0 Å². The molecule has 1 amide bonds. The van der Waals surface area contributed by atoms with E-state index in [1.54, 1.807) is 12.1 Å². The summed E-state index contributed by atoms with van der Waals surface area (Å²) in [6.07, 6.45) is 1.20. The van der Waals surface area contributed by atoms with Crippen LogP contribution in [0.15, 0.2) is 48.5 Å². The highest BCUT2D eigenvalue weighted by Gasteiger charge is 2.42. The van der Waals surface area contributed by atoms with Gasteiger partial charge in [-0.05, 0) is 29.3 Å². The zero-order chi connectivity index (χ0) is 14.2. The number of anilines is 1. The minimum absolute atomic E-state index is 0.339. The van der Waals surface area contributed by atoms with Crippen LogP contribution >= 0.6 is 11.6 Å². The lowest BCUT2D eigenvalue weighted by Crippen LogP contribution is -2.51. The molecule has 0 saturated heterocycles. The summed E-state index contributed by atoms with van der Waals surface area (Å²) in [6.45, 7) is 0. The van der Waals surface area contributed by atoms with E-state index in [1.165, 1.54) is 11.1 Å². The van der Waals surface area contributed by atoms with Crippen LogP contribution in [0.5, 0.6) is 0 Å². The van der Waals surface area contributed by atoms with Gasteiger partial charge in [-0.1, -0.05) is 41.9 Å². The maximum atomic E-state index is 12.0. The van der Waals surface area contributed by atoms with Gasteiger partial charge >= 0.3 is 0 Å². The smallest absolute Gasteiger partial charge is 0.243 e. The maximum absolute atomic E-state index is 12.0. The molecule has 2 aromatic rings. The number of rotatable bonds is 3. The third-order valence-electron chi connectivity index (χ3n) is 3.78. The normalized spacial score (nSPS) is 15.7. The highest BCUT2D eigenvalue weighted by molar-refractivity contribution is 6.30. The molecular weight excluding hydrogens is 272 g/mol. The van der Waals surface area contributed by atoms with Crippen LogP contribution < -0.4 is 11.1 Å². The van der Waals surface area contributed by atoms with Gasteiger partial charge in [0.2, 0.25) is 5.91 Å². The Morgan fingerprint density at radius 1 is 1.10 bits per heavy atom. The molecule has 0 radical (unpaired) electrons. The zero-order valence-corrected chi connectivity index (χ0v) is 11.7. The first-order valence-corrected chi connectivity index (χ1v) is 6.87. The van der Waals surface area contributed by atoms with Gasteiger partial charge in [0.05, 0.1) is 0 Å². The van der Waals surface area contributed by atoms with Crippen LogP contribution in [0.1, 0.15) is 11.1 Å². The number of nitrogens with two attached hydrogens (primary N) is 1. The predicted octanol–water partition coefficient (Wildman–Crippen LogP) is 2.77. The Balaban J connectivity index is 1.94. The fraction of sp³-hybridized carbons (Fsp3) is 0.188. The standard InChI is InChI=1S/C16H15ClN2O/c17-13-6-3-7-14(8-13)19-16(15(18)20)9-11-4-1-2-5-12(11)10-16/h1-8,19H,9-10H2,(H2,18,20). The number of hydrogen-bond donors (Lipinski definition) is 2. The third kappa shape index (κ3) is 2.25. The monoisotopic (exact) mass is 286 g/mol. The molecule has 3 nitrogen and oxygen atoms in total. The number of carbonyl (C=O) groups is 1. The van der Waals surface area contributed by atoms with E-state index in [9.17, 15) is 4.79 Å². The summed E-state index contributed by atoms with van der Waals surface area (Å²) in [5, 5.41) is 3.91. The Kier molecular flexibility index (Phi) is 3.14. The minimum atomic E-state index is -0.769. The first-order valence-electron chi connectivity index (χ1n) is 6.49. The van der Waals surface area contributed by atoms with Crippen molar-refractivity contribution in [3.63, 3.8) is 0 Å². The summed E-state index contributed by atoms with van der Waals surface area (Å²) >= 11 is 5.99. The summed E-state index contributed by atoms with van der Waals surface area (Å²) in [6, 6.07) is 15.4. The van der Waals surface area contributed by atoms with Gasteiger partial charge in [-0.15, -0.1) is 0 Å². The van der Waals surface area contributed by atoms with E-state index in [0.717, 1.165) is 5.69 Å². The summed E-state index contributed by atoms with van der Waals surface area (Å²) in [7, 11) is 0. The first kappa shape index (κ1) is 13.0. The van der Waals surface area contributed by atoms with Gasteiger partial charge in [-0.3, -0.25) is 4.79 Å². The number of hydrogen-bond acceptors (Lipinski definition) is 2. The highest BCUT2D eigenvalue weighted by Crippen LogP contribution is 2.33. The lowest BCUT2D eigenvalue weighted by Gasteiger charge is -2.28. The average Bonchev–Trinajstić information content (AvgIpc) is 2.78. The van der Waals surface area contributed by atoms with Gasteiger partial charge in [0.15, 0.2) is 0 Å². The lowest BCUT2D eigenvalue weighted by molar-refractivity contribution is -0.122. The molecule has 20 heavy (non-hydrogen) atoms. The van der Waals surface area contributed by atoms with E-state index >= 15 is 0 Å². The minimum Gasteiger partial charge on any atom is -0.371 e. The molecule has 0 spiro atoms. The Hall–Kier alpha value is -2.00. The number of carbonyl (C=O) groups excluding carboxylic acids is 1. The SMILES string of the molecule is NC(=O)C1(Nc2cccc(Cl)c2)Cc2ccccc2C1. The molecule has 2 aromatic carbocycles. The summed E-state index contributed by atoms with van der Waals surface area (Å²) < 4.78 is 0. The van der Waals surface area contributed by atoms with Crippen LogP contribution in [0.2, 0.25) is 5.02 Å². The number of amides is 1. The van der Waals surface area contributed by atoms with Crippen molar-refractivity contribution in [1.82, 2.24) is 0 Å². The van der Waals surface area contributed by atoms with Crippen LogP contribution in [0.4, 0.5) is 5.69 Å². The van der Waals surface area contributed by atoms with Gasteiger partial charge in [0, 0.05) is 23.6 Å². The van der Waals surface area contributed by atoms with Crippen LogP contribution in [-0.4, -0.2) is 11.4 Å². The first-order chi connectivity index (χ1) is 9.59. The molecule has 4 heteroatoms. The molecule has 0 aromatic heterocycles. The quantitative estimate of drug-likeness (QED) is 0.911. The fourth-order valence-electron chi connectivity index (χ4n) is 2.78. The second kappa shape index (κ2) is 4.84. The highest BCUT2D eigenvalue weighted by atomic mass is 35.5. The van der Waals surface area contributed by atoms with E-state index in [0.29, 0.717) is 17.9 Å². The Morgan fingerprint density at radius 2 is 1.75 bits per heavy atom. The van der Waals surface area contributed by atoms with E-state index in [4.69, 9.17) is 17.3 Å². The number of fused-ring (bicyclic) bond motifs is 1. The Bertz CT molecular complexity index is 644. The molecule has 1 aliphatic rings. The molecule has 102 valence electrons. The zero-order valence-electron chi connectivity index (χ0n) is 10.9.